The molecule has 0 saturated carbocycles. The lowest BCUT2D eigenvalue weighted by Crippen LogP contribution is -2.48. The van der Waals surface area contributed by atoms with E-state index in [9.17, 15) is 0 Å². The third-order valence-electron chi connectivity index (χ3n) is 4.90. The fourth-order valence-electron chi connectivity index (χ4n) is 3.52. The molecule has 2 heterocycles. The first kappa shape index (κ1) is 17.3. The molecule has 0 aliphatic carbocycles. The standard InChI is InChI=1S/C21H23ClN4/c1-16-13-21(24-20-14-18(22)7-8-19(20)23-16)26-11-9-25(10-12-26)15-17-5-3-2-4-6-17/h2-8,14H,9-13,15H2,1H3. The molecule has 0 radical (unpaired) electrons. The summed E-state index contributed by atoms with van der Waals surface area (Å²) >= 11 is 6.16. The minimum Gasteiger partial charge on any atom is -0.357 e. The predicted octanol–water partition coefficient (Wildman–Crippen LogP) is 4.68. The number of amidine groups is 1. The van der Waals surface area contributed by atoms with Crippen LogP contribution >= 0.6 is 11.6 Å². The van der Waals surface area contributed by atoms with Crippen LogP contribution in [0.25, 0.3) is 0 Å². The molecule has 4 rings (SSSR count). The molecule has 0 spiro atoms. The lowest BCUT2D eigenvalue weighted by Gasteiger charge is -2.36. The van der Waals surface area contributed by atoms with Crippen LogP contribution in [0.4, 0.5) is 11.4 Å². The summed E-state index contributed by atoms with van der Waals surface area (Å²) in [7, 11) is 0. The van der Waals surface area contributed by atoms with Gasteiger partial charge in [0, 0.05) is 49.9 Å². The van der Waals surface area contributed by atoms with Gasteiger partial charge in [0.25, 0.3) is 0 Å². The van der Waals surface area contributed by atoms with E-state index in [-0.39, 0.29) is 0 Å². The molecule has 4 nitrogen and oxygen atoms in total. The maximum absolute atomic E-state index is 6.16. The van der Waals surface area contributed by atoms with Gasteiger partial charge in [0.05, 0.1) is 11.4 Å². The molecule has 1 saturated heterocycles. The van der Waals surface area contributed by atoms with Gasteiger partial charge < -0.3 is 4.90 Å². The zero-order valence-corrected chi connectivity index (χ0v) is 15.8. The van der Waals surface area contributed by atoms with E-state index in [1.165, 1.54) is 5.56 Å². The van der Waals surface area contributed by atoms with Gasteiger partial charge >= 0.3 is 0 Å². The van der Waals surface area contributed by atoms with Crippen molar-refractivity contribution in [2.45, 2.75) is 19.9 Å². The second-order valence-corrected chi connectivity index (χ2v) is 7.37. The van der Waals surface area contributed by atoms with Crippen LogP contribution in [0.2, 0.25) is 5.02 Å². The van der Waals surface area contributed by atoms with Crippen LogP contribution in [0.15, 0.2) is 58.5 Å². The molecule has 0 atom stereocenters. The van der Waals surface area contributed by atoms with E-state index in [2.05, 4.69) is 47.1 Å². The highest BCUT2D eigenvalue weighted by Gasteiger charge is 2.22. The fraction of sp³-hybridized carbons (Fsp3) is 0.333. The Morgan fingerprint density at radius 1 is 0.923 bits per heavy atom. The van der Waals surface area contributed by atoms with E-state index in [1.807, 2.05) is 18.2 Å². The fourth-order valence-corrected chi connectivity index (χ4v) is 3.69. The Kier molecular flexibility index (Phi) is 5.05. The van der Waals surface area contributed by atoms with Crippen LogP contribution in [0, 0.1) is 0 Å². The molecule has 26 heavy (non-hydrogen) atoms. The summed E-state index contributed by atoms with van der Waals surface area (Å²) in [6.45, 7) is 7.17. The number of fused-ring (bicyclic) bond motifs is 1. The van der Waals surface area contributed by atoms with E-state index < -0.39 is 0 Å². The maximum Gasteiger partial charge on any atom is 0.111 e. The Bertz CT molecular complexity index is 836. The van der Waals surface area contributed by atoms with Crippen molar-refractivity contribution in [3.63, 3.8) is 0 Å². The van der Waals surface area contributed by atoms with Crippen molar-refractivity contribution >= 4 is 34.5 Å². The molecule has 0 amide bonds. The van der Waals surface area contributed by atoms with Gasteiger partial charge in [-0.05, 0) is 30.7 Å². The third kappa shape index (κ3) is 3.97. The lowest BCUT2D eigenvalue weighted by molar-refractivity contribution is 0.174. The van der Waals surface area contributed by atoms with Crippen molar-refractivity contribution in [1.82, 2.24) is 9.80 Å². The van der Waals surface area contributed by atoms with E-state index >= 15 is 0 Å². The molecule has 134 valence electrons. The second-order valence-electron chi connectivity index (χ2n) is 6.93. The minimum absolute atomic E-state index is 0.703. The van der Waals surface area contributed by atoms with Crippen LogP contribution in [-0.4, -0.2) is 47.5 Å². The molecule has 1 fully saturated rings. The number of benzene rings is 2. The summed E-state index contributed by atoms with van der Waals surface area (Å²) in [5.41, 5.74) is 4.25. The normalized spacial score (nSPS) is 18.0. The van der Waals surface area contributed by atoms with E-state index in [1.54, 1.807) is 0 Å². The number of aliphatic imine (C=N–C) groups is 2. The van der Waals surface area contributed by atoms with Crippen LogP contribution < -0.4 is 0 Å². The van der Waals surface area contributed by atoms with Crippen LogP contribution in [-0.2, 0) is 6.54 Å². The number of hydrogen-bond acceptors (Lipinski definition) is 4. The molecule has 5 heteroatoms. The summed E-state index contributed by atoms with van der Waals surface area (Å²) in [4.78, 5) is 14.5. The van der Waals surface area contributed by atoms with Crippen molar-refractivity contribution in [3.05, 3.63) is 59.1 Å². The van der Waals surface area contributed by atoms with Crippen LogP contribution in [0.3, 0.4) is 0 Å². The topological polar surface area (TPSA) is 31.2 Å². The Hall–Kier alpha value is -2.17. The van der Waals surface area contributed by atoms with Crippen molar-refractivity contribution in [2.24, 2.45) is 9.98 Å². The first-order valence-corrected chi connectivity index (χ1v) is 9.48. The second kappa shape index (κ2) is 7.60. The van der Waals surface area contributed by atoms with E-state index in [0.29, 0.717) is 5.02 Å². The predicted molar refractivity (Wildman–Crippen MR) is 109 cm³/mol. The van der Waals surface area contributed by atoms with Gasteiger partial charge in [-0.2, -0.15) is 0 Å². The summed E-state index contributed by atoms with van der Waals surface area (Å²) in [5, 5.41) is 0.703. The molecule has 2 aliphatic heterocycles. The summed E-state index contributed by atoms with van der Waals surface area (Å²) < 4.78 is 0. The van der Waals surface area contributed by atoms with Crippen LogP contribution in [0.1, 0.15) is 18.9 Å². The Balaban J connectivity index is 1.46. The zero-order chi connectivity index (χ0) is 17.9. The molecular weight excluding hydrogens is 344 g/mol. The van der Waals surface area contributed by atoms with Gasteiger partial charge in [-0.25, -0.2) is 4.99 Å². The van der Waals surface area contributed by atoms with Gasteiger partial charge in [0.15, 0.2) is 0 Å². The molecule has 0 unspecified atom stereocenters. The maximum atomic E-state index is 6.16. The van der Waals surface area contributed by atoms with Crippen LogP contribution in [0.5, 0.6) is 0 Å². The summed E-state index contributed by atoms with van der Waals surface area (Å²) in [6, 6.07) is 16.4. The highest BCUT2D eigenvalue weighted by Crippen LogP contribution is 2.33. The Morgan fingerprint density at radius 2 is 1.69 bits per heavy atom. The third-order valence-corrected chi connectivity index (χ3v) is 5.13. The number of hydrogen-bond donors (Lipinski definition) is 0. The van der Waals surface area contributed by atoms with Crippen molar-refractivity contribution in [2.75, 3.05) is 26.2 Å². The monoisotopic (exact) mass is 366 g/mol. The summed E-state index contributed by atoms with van der Waals surface area (Å²) in [5.74, 6) is 1.10. The molecular formula is C21H23ClN4. The van der Waals surface area contributed by atoms with Crippen molar-refractivity contribution < 1.29 is 0 Å². The quantitative estimate of drug-likeness (QED) is 0.772. The molecule has 2 aliphatic rings. The highest BCUT2D eigenvalue weighted by atomic mass is 35.5. The molecule has 0 bridgehead atoms. The Morgan fingerprint density at radius 3 is 2.46 bits per heavy atom. The molecule has 2 aromatic carbocycles. The average Bonchev–Trinajstić information content (AvgIpc) is 2.81. The van der Waals surface area contributed by atoms with Crippen molar-refractivity contribution in [1.29, 1.82) is 0 Å². The van der Waals surface area contributed by atoms with Gasteiger partial charge in [0.1, 0.15) is 5.84 Å². The minimum atomic E-state index is 0.703. The van der Waals surface area contributed by atoms with E-state index in [4.69, 9.17) is 21.6 Å². The molecule has 2 aromatic rings. The van der Waals surface area contributed by atoms with Crippen molar-refractivity contribution in [3.8, 4) is 0 Å². The average molecular weight is 367 g/mol. The van der Waals surface area contributed by atoms with Gasteiger partial charge in [0.2, 0.25) is 0 Å². The number of piperazine rings is 1. The molecule has 0 N–H and O–H groups in total. The SMILES string of the molecule is CC1=Nc2ccc(Cl)cc2N=C(N2CCN(Cc3ccccc3)CC2)C1. The van der Waals surface area contributed by atoms with Gasteiger partial charge in [-0.15, -0.1) is 0 Å². The van der Waals surface area contributed by atoms with Gasteiger partial charge in [-0.1, -0.05) is 41.9 Å². The molecule has 0 aromatic heterocycles. The van der Waals surface area contributed by atoms with E-state index in [0.717, 1.165) is 62.1 Å². The Labute approximate surface area is 159 Å². The lowest BCUT2D eigenvalue weighted by atomic mass is 10.2. The first-order valence-electron chi connectivity index (χ1n) is 9.10. The number of halogens is 1. The number of nitrogens with zero attached hydrogens (tertiary/aromatic N) is 4. The zero-order valence-electron chi connectivity index (χ0n) is 15.0. The highest BCUT2D eigenvalue weighted by molar-refractivity contribution is 6.31. The largest absolute Gasteiger partial charge is 0.357 e. The number of rotatable bonds is 2. The smallest absolute Gasteiger partial charge is 0.111 e. The first-order chi connectivity index (χ1) is 12.7. The summed E-state index contributed by atoms with van der Waals surface area (Å²) in [6.07, 6.45) is 0.797. The van der Waals surface area contributed by atoms with Gasteiger partial charge in [-0.3, -0.25) is 9.89 Å².